The topological polar surface area (TPSA) is 46.2 Å². The molecule has 1 atom stereocenters. The molecule has 0 aromatic carbocycles. The third kappa shape index (κ3) is 0.993. The van der Waals surface area contributed by atoms with Gasteiger partial charge in [-0.25, -0.2) is 0 Å². The lowest BCUT2D eigenvalue weighted by molar-refractivity contribution is 0.665. The summed E-state index contributed by atoms with van der Waals surface area (Å²) < 4.78 is 8.91. The van der Waals surface area contributed by atoms with Crippen molar-refractivity contribution in [2.24, 2.45) is 5.73 Å². The summed E-state index contributed by atoms with van der Waals surface area (Å²) in [5.74, 6) is 0. The van der Waals surface area contributed by atoms with E-state index in [4.69, 9.17) is 10.3 Å². The van der Waals surface area contributed by atoms with Gasteiger partial charge in [-0.05, 0) is 22.2 Å². The first-order valence-corrected chi connectivity index (χ1v) is 3.44. The van der Waals surface area contributed by atoms with Gasteiger partial charge in [0.05, 0.1) is 5.03 Å². The quantitative estimate of drug-likeness (QED) is 0.477. The van der Waals surface area contributed by atoms with Gasteiger partial charge in [-0.3, -0.25) is 0 Å². The van der Waals surface area contributed by atoms with Gasteiger partial charge in [-0.15, -0.1) is 0 Å². The average molecular weight is 129 g/mol. The van der Waals surface area contributed by atoms with E-state index in [1.54, 1.807) is 23.6 Å². The molecule has 0 fully saturated rings. The largest absolute Gasteiger partial charge is 0.392 e. The summed E-state index contributed by atoms with van der Waals surface area (Å²) in [7, 11) is -0.808. The zero-order chi connectivity index (χ0) is 5.98. The van der Waals surface area contributed by atoms with Crippen molar-refractivity contribution in [2.75, 3.05) is 0 Å². The van der Waals surface area contributed by atoms with E-state index >= 15 is 0 Å². The Bertz CT molecular complexity index is 161. The van der Waals surface area contributed by atoms with Gasteiger partial charge in [0.1, 0.15) is 0 Å². The summed E-state index contributed by atoms with van der Waals surface area (Å²) >= 11 is 0. The zero-order valence-corrected chi connectivity index (χ0v) is 5.06. The van der Waals surface area contributed by atoms with Crippen LogP contribution in [0.25, 0.3) is 0 Å². The molecule has 1 heterocycles. The van der Waals surface area contributed by atoms with Crippen LogP contribution in [0.3, 0.4) is 0 Å². The molecule has 0 bridgehead atoms. The Morgan fingerprint density at radius 2 is 2.25 bits per heavy atom. The first-order valence-electron chi connectivity index (χ1n) is 2.20. The maximum absolute atomic E-state index is 8.91. The van der Waals surface area contributed by atoms with Gasteiger partial charge in [0.25, 0.3) is 0 Å². The molecule has 0 radical (unpaired) electrons. The Morgan fingerprint density at radius 1 is 1.50 bits per heavy atom. The van der Waals surface area contributed by atoms with Crippen molar-refractivity contribution in [3.05, 3.63) is 23.3 Å². The second-order valence-corrected chi connectivity index (χ2v) is 2.78. The van der Waals surface area contributed by atoms with E-state index in [0.717, 1.165) is 0 Å². The van der Waals surface area contributed by atoms with E-state index in [-0.39, 0.29) is 0 Å². The molecule has 0 amide bonds. The number of hydrogen-bond donors (Lipinski definition) is 2. The Balaban J connectivity index is 2.93. The van der Waals surface area contributed by atoms with Crippen molar-refractivity contribution in [3.8, 4) is 0 Å². The van der Waals surface area contributed by atoms with Crippen LogP contribution in [0.4, 0.5) is 0 Å². The number of nitrogens with two attached hydrogens (primary N) is 1. The smallest absolute Gasteiger partial charge is 0.0850 e. The van der Waals surface area contributed by atoms with Gasteiger partial charge in [0.2, 0.25) is 0 Å². The van der Waals surface area contributed by atoms with Gasteiger partial charge in [-0.1, -0.05) is 12.2 Å². The molecular formula is C5H7NOS. The van der Waals surface area contributed by atoms with Crippen LogP contribution < -0.4 is 5.73 Å². The van der Waals surface area contributed by atoms with Crippen LogP contribution in [0, 0.1) is 0 Å². The second-order valence-electron chi connectivity index (χ2n) is 1.40. The maximum Gasteiger partial charge on any atom is 0.0850 e. The average Bonchev–Trinajstić information content (AvgIpc) is 1.77. The molecule has 1 unspecified atom stereocenters. The SMILES string of the molecule is NC1=CC=CC=S1O. The third-order valence-corrected chi connectivity index (χ3v) is 1.85. The highest BCUT2D eigenvalue weighted by Crippen LogP contribution is 2.15. The summed E-state index contributed by atoms with van der Waals surface area (Å²) in [4.78, 5) is 0. The molecule has 3 heteroatoms. The van der Waals surface area contributed by atoms with Gasteiger partial charge >= 0.3 is 0 Å². The predicted molar refractivity (Wildman–Crippen MR) is 37.7 cm³/mol. The molecule has 8 heavy (non-hydrogen) atoms. The van der Waals surface area contributed by atoms with E-state index in [2.05, 4.69) is 0 Å². The van der Waals surface area contributed by atoms with Crippen LogP contribution in [0.1, 0.15) is 0 Å². The molecule has 3 N–H and O–H groups in total. The van der Waals surface area contributed by atoms with Crippen LogP contribution in [0.2, 0.25) is 0 Å². The van der Waals surface area contributed by atoms with Crippen LogP contribution in [-0.2, 0) is 0 Å². The fourth-order valence-corrected chi connectivity index (χ4v) is 1.03. The van der Waals surface area contributed by atoms with Crippen LogP contribution in [-0.4, -0.2) is 9.92 Å². The normalized spacial score (nSPS) is 26.6. The summed E-state index contributed by atoms with van der Waals surface area (Å²) in [5, 5.41) is 2.20. The van der Waals surface area contributed by atoms with Crippen LogP contribution in [0.15, 0.2) is 23.3 Å². The van der Waals surface area contributed by atoms with Crippen LogP contribution >= 0.6 is 10.8 Å². The minimum absolute atomic E-state index is 0.535. The van der Waals surface area contributed by atoms with Crippen molar-refractivity contribution < 1.29 is 4.55 Å². The van der Waals surface area contributed by atoms with Gasteiger partial charge < -0.3 is 10.3 Å². The van der Waals surface area contributed by atoms with Crippen molar-refractivity contribution in [1.29, 1.82) is 0 Å². The lowest BCUT2D eigenvalue weighted by Gasteiger charge is -2.00. The molecule has 1 rings (SSSR count). The monoisotopic (exact) mass is 129 g/mol. The number of hydrogen-bond acceptors (Lipinski definition) is 2. The highest BCUT2D eigenvalue weighted by Gasteiger charge is 1.92. The summed E-state index contributed by atoms with van der Waals surface area (Å²) in [5.41, 5.74) is 5.32. The van der Waals surface area contributed by atoms with Crippen molar-refractivity contribution >= 4 is 16.1 Å². The number of allylic oxidation sites excluding steroid dienone is 3. The molecule has 1 aliphatic heterocycles. The van der Waals surface area contributed by atoms with Crippen molar-refractivity contribution in [1.82, 2.24) is 0 Å². The molecule has 0 aromatic rings. The van der Waals surface area contributed by atoms with Gasteiger partial charge in [-0.2, -0.15) is 0 Å². The van der Waals surface area contributed by atoms with E-state index in [1.165, 1.54) is 0 Å². The molecule has 0 spiro atoms. The highest BCUT2D eigenvalue weighted by atomic mass is 32.2. The molecule has 2 nitrogen and oxygen atoms in total. The highest BCUT2D eigenvalue weighted by molar-refractivity contribution is 8.13. The fourth-order valence-electron chi connectivity index (χ4n) is 0.418. The standard InChI is InChI=1S/C5H7NOS/c6-5-3-1-2-4-8(5)7/h1-4,7H,6H2. The first kappa shape index (κ1) is 5.59. The first-order chi connectivity index (χ1) is 3.80. The third-order valence-electron chi connectivity index (χ3n) is 0.821. The summed E-state index contributed by atoms with van der Waals surface area (Å²) in [6.07, 6.45) is 5.28. The molecule has 0 saturated heterocycles. The molecule has 0 aromatic heterocycles. The Labute approximate surface area is 50.5 Å². The lowest BCUT2D eigenvalue weighted by Crippen LogP contribution is -1.95. The Hall–Kier alpha value is -0.540. The van der Waals surface area contributed by atoms with E-state index in [0.29, 0.717) is 5.03 Å². The predicted octanol–water partition coefficient (Wildman–Crippen LogP) is 0.900. The van der Waals surface area contributed by atoms with E-state index < -0.39 is 10.8 Å². The molecule has 44 valence electrons. The zero-order valence-electron chi connectivity index (χ0n) is 4.24. The summed E-state index contributed by atoms with van der Waals surface area (Å²) in [6.45, 7) is 0. The number of rotatable bonds is 0. The maximum atomic E-state index is 8.91. The molecule has 1 aliphatic rings. The minimum Gasteiger partial charge on any atom is -0.392 e. The summed E-state index contributed by atoms with van der Waals surface area (Å²) in [6, 6.07) is 0. The Morgan fingerprint density at radius 3 is 2.62 bits per heavy atom. The van der Waals surface area contributed by atoms with E-state index in [9.17, 15) is 0 Å². The van der Waals surface area contributed by atoms with Crippen molar-refractivity contribution in [2.45, 2.75) is 0 Å². The van der Waals surface area contributed by atoms with E-state index in [1.807, 2.05) is 0 Å². The fraction of sp³-hybridized carbons (Fsp3) is 0. The second kappa shape index (κ2) is 2.15. The van der Waals surface area contributed by atoms with Crippen LogP contribution in [0.5, 0.6) is 0 Å². The van der Waals surface area contributed by atoms with Crippen molar-refractivity contribution in [3.63, 3.8) is 0 Å². The molecule has 0 aliphatic carbocycles. The molecular weight excluding hydrogens is 122 g/mol. The van der Waals surface area contributed by atoms with Gasteiger partial charge in [0, 0.05) is 0 Å². The molecule has 0 saturated carbocycles. The minimum atomic E-state index is -0.808. The Kier molecular flexibility index (Phi) is 1.50. The lowest BCUT2D eigenvalue weighted by atomic mass is 10.5. The van der Waals surface area contributed by atoms with Gasteiger partial charge in [0.15, 0.2) is 0 Å².